The van der Waals surface area contributed by atoms with Crippen LogP contribution in [0.3, 0.4) is 0 Å². The number of benzene rings is 1. The molecule has 0 radical (unpaired) electrons. The molecule has 0 aliphatic heterocycles. The third-order valence-electron chi connectivity index (χ3n) is 3.34. The molecule has 2 heteroatoms. The highest BCUT2D eigenvalue weighted by molar-refractivity contribution is 5.35. The molecule has 0 amide bonds. The van der Waals surface area contributed by atoms with Crippen molar-refractivity contribution in [1.82, 2.24) is 0 Å². The van der Waals surface area contributed by atoms with E-state index < -0.39 is 0 Å². The summed E-state index contributed by atoms with van der Waals surface area (Å²) in [4.78, 5) is 0. The van der Waals surface area contributed by atoms with Crippen LogP contribution < -0.4 is 4.74 Å². The average Bonchev–Trinajstić information content (AvgIpc) is 2.37. The number of aliphatic hydroxyl groups excluding tert-OH is 1. The van der Waals surface area contributed by atoms with Crippen LogP contribution >= 0.6 is 0 Å². The number of aliphatic hydroxyl groups is 1. The van der Waals surface area contributed by atoms with Crippen LogP contribution in [0.5, 0.6) is 5.75 Å². The zero-order valence-electron chi connectivity index (χ0n) is 11.9. The van der Waals surface area contributed by atoms with E-state index in [0.29, 0.717) is 5.92 Å². The Kier molecular flexibility index (Phi) is 6.81. The summed E-state index contributed by atoms with van der Waals surface area (Å²) in [6.07, 6.45) is 3.80. The van der Waals surface area contributed by atoms with E-state index in [1.54, 1.807) is 0 Å². The van der Waals surface area contributed by atoms with Crippen LogP contribution in [-0.4, -0.2) is 17.8 Å². The molecule has 0 spiro atoms. The van der Waals surface area contributed by atoms with Crippen molar-refractivity contribution in [3.63, 3.8) is 0 Å². The van der Waals surface area contributed by atoms with Crippen molar-refractivity contribution in [3.05, 3.63) is 29.8 Å². The van der Waals surface area contributed by atoms with Crippen LogP contribution in [0.1, 0.15) is 57.9 Å². The minimum Gasteiger partial charge on any atom is -0.493 e. The van der Waals surface area contributed by atoms with Crippen molar-refractivity contribution in [2.45, 2.75) is 58.5 Å². The Hall–Kier alpha value is -1.02. The molecule has 1 aromatic carbocycles. The van der Waals surface area contributed by atoms with Gasteiger partial charge in [-0.1, -0.05) is 32.0 Å². The summed E-state index contributed by atoms with van der Waals surface area (Å²) in [5.41, 5.74) is 1.30. The van der Waals surface area contributed by atoms with E-state index in [9.17, 15) is 5.11 Å². The maximum Gasteiger partial charge on any atom is 0.122 e. The highest BCUT2D eigenvalue weighted by atomic mass is 16.5. The molecule has 0 fully saturated rings. The Balaban J connectivity index is 2.42. The van der Waals surface area contributed by atoms with E-state index in [1.807, 2.05) is 13.0 Å². The van der Waals surface area contributed by atoms with Gasteiger partial charge >= 0.3 is 0 Å². The lowest BCUT2D eigenvalue weighted by molar-refractivity contribution is 0.177. The van der Waals surface area contributed by atoms with Crippen molar-refractivity contribution in [2.75, 3.05) is 6.61 Å². The molecule has 18 heavy (non-hydrogen) atoms. The first kappa shape index (κ1) is 15.0. The molecule has 2 unspecified atom stereocenters. The quantitative estimate of drug-likeness (QED) is 0.703. The fourth-order valence-electron chi connectivity index (χ4n) is 1.96. The first-order valence-corrected chi connectivity index (χ1v) is 7.05. The molecular formula is C16H26O2. The fraction of sp³-hybridized carbons (Fsp3) is 0.625. The summed E-state index contributed by atoms with van der Waals surface area (Å²) in [6, 6.07) is 8.30. The number of unbranched alkanes of at least 4 members (excludes halogenated alkanes) is 1. The zero-order valence-corrected chi connectivity index (χ0v) is 11.9. The second-order valence-electron chi connectivity index (χ2n) is 5.04. The highest BCUT2D eigenvalue weighted by Crippen LogP contribution is 2.28. The lowest BCUT2D eigenvalue weighted by Gasteiger charge is -2.15. The molecule has 2 atom stereocenters. The fourth-order valence-corrected chi connectivity index (χ4v) is 1.96. The maximum atomic E-state index is 9.18. The summed E-state index contributed by atoms with van der Waals surface area (Å²) in [6.45, 7) is 7.00. The van der Waals surface area contributed by atoms with E-state index in [0.717, 1.165) is 38.0 Å². The Morgan fingerprint density at radius 1 is 1.17 bits per heavy atom. The third-order valence-corrected chi connectivity index (χ3v) is 3.34. The van der Waals surface area contributed by atoms with Crippen molar-refractivity contribution >= 4 is 0 Å². The molecule has 2 nitrogen and oxygen atoms in total. The number of rotatable bonds is 8. The molecule has 0 aromatic heterocycles. The Morgan fingerprint density at radius 3 is 2.56 bits per heavy atom. The first-order chi connectivity index (χ1) is 8.65. The molecular weight excluding hydrogens is 224 g/mol. The van der Waals surface area contributed by atoms with Gasteiger partial charge in [-0.05, 0) is 50.2 Å². The predicted octanol–water partition coefficient (Wildman–Crippen LogP) is 4.13. The smallest absolute Gasteiger partial charge is 0.122 e. The summed E-state index contributed by atoms with van der Waals surface area (Å²) >= 11 is 0. The van der Waals surface area contributed by atoms with Gasteiger partial charge in [0.25, 0.3) is 0 Å². The molecule has 0 bridgehead atoms. The lowest BCUT2D eigenvalue weighted by Crippen LogP contribution is -2.04. The molecule has 0 saturated carbocycles. The van der Waals surface area contributed by atoms with Crippen LogP contribution in [0.2, 0.25) is 0 Å². The minimum atomic E-state index is -0.197. The van der Waals surface area contributed by atoms with Crippen LogP contribution in [0.4, 0.5) is 0 Å². The highest BCUT2D eigenvalue weighted by Gasteiger charge is 2.09. The standard InChI is InChI=1S/C16H26O2/c1-4-13(2)15-10-5-6-11-16(15)18-12-8-7-9-14(3)17/h5-6,10-11,13-14,17H,4,7-9,12H2,1-3H3. The van der Waals surface area contributed by atoms with E-state index in [1.165, 1.54) is 5.56 Å². The van der Waals surface area contributed by atoms with Crippen molar-refractivity contribution in [3.8, 4) is 5.75 Å². The topological polar surface area (TPSA) is 29.5 Å². The van der Waals surface area contributed by atoms with E-state index in [4.69, 9.17) is 4.74 Å². The van der Waals surface area contributed by atoms with E-state index >= 15 is 0 Å². The summed E-state index contributed by atoms with van der Waals surface area (Å²) in [5, 5.41) is 9.18. The molecule has 0 aliphatic rings. The second-order valence-corrected chi connectivity index (χ2v) is 5.04. The van der Waals surface area contributed by atoms with Gasteiger partial charge in [0.2, 0.25) is 0 Å². The largest absolute Gasteiger partial charge is 0.493 e. The molecule has 0 heterocycles. The number of para-hydroxylation sites is 1. The monoisotopic (exact) mass is 250 g/mol. The third kappa shape index (κ3) is 5.09. The average molecular weight is 250 g/mol. The van der Waals surface area contributed by atoms with Gasteiger partial charge in [-0.2, -0.15) is 0 Å². The molecule has 1 aromatic rings. The first-order valence-electron chi connectivity index (χ1n) is 7.05. The summed E-state index contributed by atoms with van der Waals surface area (Å²) in [5.74, 6) is 1.56. The van der Waals surface area contributed by atoms with E-state index in [2.05, 4.69) is 32.0 Å². The molecule has 1 N–H and O–H groups in total. The number of hydrogen-bond acceptors (Lipinski definition) is 2. The normalized spacial score (nSPS) is 14.2. The van der Waals surface area contributed by atoms with Gasteiger partial charge in [0.05, 0.1) is 12.7 Å². The Labute approximate surface area is 111 Å². The van der Waals surface area contributed by atoms with Gasteiger partial charge in [0.1, 0.15) is 5.75 Å². The van der Waals surface area contributed by atoms with Gasteiger partial charge in [0.15, 0.2) is 0 Å². The van der Waals surface area contributed by atoms with Crippen molar-refractivity contribution < 1.29 is 9.84 Å². The summed E-state index contributed by atoms with van der Waals surface area (Å²) in [7, 11) is 0. The molecule has 0 aliphatic carbocycles. The maximum absolute atomic E-state index is 9.18. The van der Waals surface area contributed by atoms with Crippen LogP contribution in [0.15, 0.2) is 24.3 Å². The van der Waals surface area contributed by atoms with Crippen LogP contribution in [-0.2, 0) is 0 Å². The number of hydrogen-bond donors (Lipinski definition) is 1. The van der Waals surface area contributed by atoms with E-state index in [-0.39, 0.29) is 6.10 Å². The van der Waals surface area contributed by atoms with Gasteiger partial charge in [0, 0.05) is 0 Å². The SMILES string of the molecule is CCC(C)c1ccccc1OCCCCC(C)O. The number of ether oxygens (including phenoxy) is 1. The molecule has 102 valence electrons. The van der Waals surface area contributed by atoms with Gasteiger partial charge in [-0.3, -0.25) is 0 Å². The Bertz CT molecular complexity index is 334. The van der Waals surface area contributed by atoms with Crippen molar-refractivity contribution in [2.24, 2.45) is 0 Å². The van der Waals surface area contributed by atoms with Gasteiger partial charge < -0.3 is 9.84 Å². The Morgan fingerprint density at radius 2 is 1.89 bits per heavy atom. The second kappa shape index (κ2) is 8.15. The molecule has 1 rings (SSSR count). The van der Waals surface area contributed by atoms with Crippen LogP contribution in [0.25, 0.3) is 0 Å². The van der Waals surface area contributed by atoms with Crippen LogP contribution in [0, 0.1) is 0 Å². The molecule has 0 saturated heterocycles. The minimum absolute atomic E-state index is 0.197. The van der Waals surface area contributed by atoms with Crippen molar-refractivity contribution in [1.29, 1.82) is 0 Å². The van der Waals surface area contributed by atoms with Gasteiger partial charge in [-0.15, -0.1) is 0 Å². The van der Waals surface area contributed by atoms with Gasteiger partial charge in [-0.25, -0.2) is 0 Å². The zero-order chi connectivity index (χ0) is 13.4. The predicted molar refractivity (Wildman–Crippen MR) is 76.2 cm³/mol. The lowest BCUT2D eigenvalue weighted by atomic mass is 9.98. The summed E-state index contributed by atoms with van der Waals surface area (Å²) < 4.78 is 5.86.